The molecule has 1 heterocycles. The van der Waals surface area contributed by atoms with Crippen molar-refractivity contribution in [3.8, 4) is 0 Å². The number of nitrogens with zero attached hydrogens (tertiary/aromatic N) is 2. The molecule has 6 nitrogen and oxygen atoms in total. The molecule has 1 fully saturated rings. The molecule has 3 rings (SSSR count). The molecule has 0 spiro atoms. The quantitative estimate of drug-likeness (QED) is 0.469. The van der Waals surface area contributed by atoms with Gasteiger partial charge in [0.15, 0.2) is 0 Å². The second-order valence-electron chi connectivity index (χ2n) is 5.21. The maximum Gasteiger partial charge on any atom is 0.293 e. The predicted molar refractivity (Wildman–Crippen MR) is 91.0 cm³/mol. The van der Waals surface area contributed by atoms with Gasteiger partial charge in [0.2, 0.25) is 0 Å². The molecule has 0 atom stereocenters. The Balaban J connectivity index is 1.86. The van der Waals surface area contributed by atoms with Crippen molar-refractivity contribution >= 4 is 34.7 Å². The topological polar surface area (TPSA) is 80.5 Å². The highest BCUT2D eigenvalue weighted by atomic mass is 32.2. The average molecular weight is 358 g/mol. The second kappa shape index (κ2) is 6.86. The lowest BCUT2D eigenvalue weighted by molar-refractivity contribution is -0.385. The zero-order valence-corrected chi connectivity index (χ0v) is 13.5. The van der Waals surface area contributed by atoms with E-state index < -0.39 is 21.9 Å². The third kappa shape index (κ3) is 3.58. The number of halogens is 1. The Morgan fingerprint density at radius 3 is 2.48 bits per heavy atom. The predicted octanol–water partition coefficient (Wildman–Crippen LogP) is 3.97. The lowest BCUT2D eigenvalue weighted by Gasteiger charge is -2.12. The molecule has 126 valence electrons. The van der Waals surface area contributed by atoms with Gasteiger partial charge in [-0.2, -0.15) is 0 Å². The number of rotatable bonds is 4. The third-order valence-electron chi connectivity index (χ3n) is 3.55. The first kappa shape index (κ1) is 16.8. The SMILES string of the molecule is O=C1S/C(=C/c2ccccc2[N+](=O)[O-])C(=O)N1Cc1ccc(F)cc1. The highest BCUT2D eigenvalue weighted by molar-refractivity contribution is 8.18. The van der Waals surface area contributed by atoms with Crippen molar-refractivity contribution in [3.63, 3.8) is 0 Å². The van der Waals surface area contributed by atoms with Crippen LogP contribution in [0.15, 0.2) is 53.4 Å². The molecular weight excluding hydrogens is 347 g/mol. The van der Waals surface area contributed by atoms with E-state index in [4.69, 9.17) is 0 Å². The van der Waals surface area contributed by atoms with Crippen molar-refractivity contribution in [2.75, 3.05) is 0 Å². The van der Waals surface area contributed by atoms with E-state index in [1.807, 2.05) is 0 Å². The van der Waals surface area contributed by atoms with Gasteiger partial charge in [-0.05, 0) is 41.6 Å². The van der Waals surface area contributed by atoms with Crippen LogP contribution >= 0.6 is 11.8 Å². The highest BCUT2D eigenvalue weighted by Crippen LogP contribution is 2.34. The number of hydrogen-bond acceptors (Lipinski definition) is 5. The van der Waals surface area contributed by atoms with E-state index >= 15 is 0 Å². The van der Waals surface area contributed by atoms with Gasteiger partial charge >= 0.3 is 0 Å². The van der Waals surface area contributed by atoms with Gasteiger partial charge in [-0.25, -0.2) is 4.39 Å². The zero-order valence-electron chi connectivity index (χ0n) is 12.7. The fourth-order valence-electron chi connectivity index (χ4n) is 2.33. The van der Waals surface area contributed by atoms with Crippen LogP contribution in [0, 0.1) is 15.9 Å². The Morgan fingerprint density at radius 2 is 1.80 bits per heavy atom. The van der Waals surface area contributed by atoms with E-state index in [1.165, 1.54) is 48.5 Å². The summed E-state index contributed by atoms with van der Waals surface area (Å²) in [5, 5.41) is 10.6. The molecule has 0 radical (unpaired) electrons. The molecule has 1 aliphatic rings. The van der Waals surface area contributed by atoms with Gasteiger partial charge in [0, 0.05) is 6.07 Å². The number of hydrogen-bond donors (Lipinski definition) is 0. The number of amides is 2. The van der Waals surface area contributed by atoms with E-state index in [0.717, 1.165) is 16.7 Å². The van der Waals surface area contributed by atoms with Crippen molar-refractivity contribution in [1.82, 2.24) is 4.90 Å². The number of nitro groups is 1. The summed E-state index contributed by atoms with van der Waals surface area (Å²) in [6.07, 6.45) is 1.34. The molecule has 2 amide bonds. The Morgan fingerprint density at radius 1 is 1.12 bits per heavy atom. The fourth-order valence-corrected chi connectivity index (χ4v) is 3.15. The van der Waals surface area contributed by atoms with Crippen LogP contribution in [0.1, 0.15) is 11.1 Å². The van der Waals surface area contributed by atoms with Gasteiger partial charge in [-0.15, -0.1) is 0 Å². The van der Waals surface area contributed by atoms with Crippen LogP contribution in [0.25, 0.3) is 6.08 Å². The molecule has 25 heavy (non-hydrogen) atoms. The first-order chi connectivity index (χ1) is 12.0. The van der Waals surface area contributed by atoms with E-state index in [9.17, 15) is 24.1 Å². The summed E-state index contributed by atoms with van der Waals surface area (Å²) in [4.78, 5) is 36.2. The minimum Gasteiger partial charge on any atom is -0.268 e. The fraction of sp³-hybridized carbons (Fsp3) is 0.0588. The summed E-state index contributed by atoms with van der Waals surface area (Å²) < 4.78 is 12.9. The minimum absolute atomic E-state index is 0.0131. The van der Waals surface area contributed by atoms with Crippen LogP contribution in [-0.2, 0) is 11.3 Å². The van der Waals surface area contributed by atoms with Gasteiger partial charge in [0.1, 0.15) is 5.82 Å². The smallest absolute Gasteiger partial charge is 0.268 e. The van der Waals surface area contributed by atoms with E-state index in [-0.39, 0.29) is 22.7 Å². The monoisotopic (exact) mass is 358 g/mol. The first-order valence-electron chi connectivity index (χ1n) is 7.19. The number of para-hydroxylation sites is 1. The van der Waals surface area contributed by atoms with E-state index in [0.29, 0.717) is 5.56 Å². The van der Waals surface area contributed by atoms with E-state index in [2.05, 4.69) is 0 Å². The highest BCUT2D eigenvalue weighted by Gasteiger charge is 2.35. The number of thioether (sulfide) groups is 1. The van der Waals surface area contributed by atoms with Gasteiger partial charge < -0.3 is 0 Å². The number of carbonyl (C=O) groups is 2. The summed E-state index contributed by atoms with van der Waals surface area (Å²) in [5.74, 6) is -0.938. The summed E-state index contributed by atoms with van der Waals surface area (Å²) in [6, 6.07) is 11.4. The molecule has 0 bridgehead atoms. The number of carbonyl (C=O) groups excluding carboxylic acids is 2. The summed E-state index contributed by atoms with van der Waals surface area (Å²) in [6.45, 7) is 0.0131. The molecule has 2 aromatic rings. The van der Waals surface area contributed by atoms with Crippen molar-refractivity contribution in [2.45, 2.75) is 6.54 Å². The summed E-state index contributed by atoms with van der Waals surface area (Å²) >= 11 is 0.721. The molecule has 0 saturated carbocycles. The van der Waals surface area contributed by atoms with Gasteiger partial charge in [-0.3, -0.25) is 24.6 Å². The normalized spacial score (nSPS) is 15.9. The molecule has 2 aromatic carbocycles. The molecule has 0 unspecified atom stereocenters. The lowest BCUT2D eigenvalue weighted by Crippen LogP contribution is -2.27. The largest absolute Gasteiger partial charge is 0.293 e. The molecule has 0 N–H and O–H groups in total. The Kier molecular flexibility index (Phi) is 4.62. The summed E-state index contributed by atoms with van der Waals surface area (Å²) in [5.41, 5.74) is 0.711. The molecule has 1 aliphatic heterocycles. The van der Waals surface area contributed by atoms with Gasteiger partial charge in [0.25, 0.3) is 16.8 Å². The van der Waals surface area contributed by atoms with Crippen LogP contribution in [0.2, 0.25) is 0 Å². The van der Waals surface area contributed by atoms with Crippen molar-refractivity contribution in [1.29, 1.82) is 0 Å². The van der Waals surface area contributed by atoms with Crippen LogP contribution < -0.4 is 0 Å². The van der Waals surface area contributed by atoms with Crippen LogP contribution in [-0.4, -0.2) is 21.0 Å². The number of imide groups is 1. The Hall–Kier alpha value is -3.00. The zero-order chi connectivity index (χ0) is 18.0. The number of benzene rings is 2. The van der Waals surface area contributed by atoms with Crippen molar-refractivity contribution in [3.05, 3.63) is 80.5 Å². The maximum absolute atomic E-state index is 12.9. The summed E-state index contributed by atoms with van der Waals surface area (Å²) in [7, 11) is 0. The standard InChI is InChI=1S/C17H11FN2O4S/c18-13-7-5-11(6-8-13)10-19-16(21)15(25-17(19)22)9-12-3-1-2-4-14(12)20(23)24/h1-9H,10H2/b15-9+. The molecule has 8 heteroatoms. The van der Waals surface area contributed by atoms with Crippen LogP contribution in [0.3, 0.4) is 0 Å². The van der Waals surface area contributed by atoms with Gasteiger partial charge in [-0.1, -0.05) is 24.3 Å². The van der Waals surface area contributed by atoms with Crippen molar-refractivity contribution < 1.29 is 18.9 Å². The molecule has 0 aromatic heterocycles. The lowest BCUT2D eigenvalue weighted by atomic mass is 10.1. The van der Waals surface area contributed by atoms with Crippen molar-refractivity contribution in [2.24, 2.45) is 0 Å². The van der Waals surface area contributed by atoms with Gasteiger partial charge in [0.05, 0.1) is 21.9 Å². The number of nitro benzene ring substituents is 1. The van der Waals surface area contributed by atoms with Crippen LogP contribution in [0.4, 0.5) is 14.9 Å². The third-order valence-corrected chi connectivity index (χ3v) is 4.45. The molecule has 0 aliphatic carbocycles. The maximum atomic E-state index is 12.9. The first-order valence-corrected chi connectivity index (χ1v) is 8.00. The second-order valence-corrected chi connectivity index (χ2v) is 6.20. The minimum atomic E-state index is -0.547. The Bertz CT molecular complexity index is 896. The average Bonchev–Trinajstić information content (AvgIpc) is 2.84. The van der Waals surface area contributed by atoms with Crippen LogP contribution in [0.5, 0.6) is 0 Å². The molecular formula is C17H11FN2O4S. The molecule has 1 saturated heterocycles. The Labute approximate surface area is 146 Å². The van der Waals surface area contributed by atoms with E-state index in [1.54, 1.807) is 6.07 Å².